The Labute approximate surface area is 76.4 Å². The van der Waals surface area contributed by atoms with Gasteiger partial charge in [-0.3, -0.25) is 0 Å². The Balaban J connectivity index is -0.00000000500. The molecule has 15 valence electrons. The van der Waals surface area contributed by atoms with Crippen molar-refractivity contribution in [3.63, 3.8) is 0 Å². The van der Waals surface area contributed by atoms with Crippen LogP contribution in [-0.2, 0) is 3.78 Å². The summed E-state index contributed by atoms with van der Waals surface area (Å²) < 4.78 is 8.25. The van der Waals surface area contributed by atoms with Crippen molar-refractivity contribution in [2.75, 3.05) is 0 Å². The fourth-order valence-corrected chi connectivity index (χ4v) is 0. The van der Waals surface area contributed by atoms with Gasteiger partial charge in [0.2, 0.25) is 0 Å². The van der Waals surface area contributed by atoms with Crippen LogP contribution in [0, 0.1) is 0 Å². The molecule has 0 aromatic heterocycles. The van der Waals surface area contributed by atoms with E-state index in [1.807, 2.05) is 0 Å². The Hall–Kier alpha value is 2.24. The van der Waals surface area contributed by atoms with Crippen LogP contribution in [0.5, 0.6) is 0 Å². The first-order chi connectivity index (χ1) is 1.00. The monoisotopic (exact) mass is 199 g/mol. The molecule has 0 N–H and O–H groups in total. The van der Waals surface area contributed by atoms with Crippen molar-refractivity contribution in [1.82, 2.24) is 0 Å². The molecular weight excluding hydrogens is 198 g/mol. The fraction of sp³-hybridized carbons (Fsp3) is 0. The topological polar surface area (TPSA) is 17.1 Å². The first-order valence-corrected chi connectivity index (χ1v) is 1.06. The molecule has 0 atom stereocenters. The molecule has 0 amide bonds. The van der Waals surface area contributed by atoms with Gasteiger partial charge in [-0.1, -0.05) is 0 Å². The maximum absolute atomic E-state index is 8.25. The SMILES string of the molecule is [Ca].[Ga].[O]=[Ge]. The summed E-state index contributed by atoms with van der Waals surface area (Å²) in [6.45, 7) is 0. The molecule has 1 nitrogen and oxygen atoms in total. The van der Waals surface area contributed by atoms with E-state index in [9.17, 15) is 0 Å². The Bertz CT molecular complexity index is 8.00. The molecule has 4 heavy (non-hydrogen) atoms. The van der Waals surface area contributed by atoms with Gasteiger partial charge in [0.15, 0.2) is 0 Å². The van der Waals surface area contributed by atoms with Crippen LogP contribution in [0.25, 0.3) is 0 Å². The summed E-state index contributed by atoms with van der Waals surface area (Å²) in [4.78, 5) is 0. The molecule has 7 radical (unpaired) electrons. The van der Waals surface area contributed by atoms with E-state index in [-0.39, 0.29) is 57.5 Å². The average molecular weight is 198 g/mol. The van der Waals surface area contributed by atoms with Gasteiger partial charge >= 0.3 is 20.2 Å². The van der Waals surface area contributed by atoms with E-state index in [1.54, 1.807) is 0 Å². The van der Waals surface area contributed by atoms with E-state index in [2.05, 4.69) is 0 Å². The van der Waals surface area contributed by atoms with E-state index in [0.29, 0.717) is 0 Å². The van der Waals surface area contributed by atoms with Crippen LogP contribution in [-0.4, -0.2) is 74.0 Å². The van der Waals surface area contributed by atoms with Crippen LogP contribution in [0.3, 0.4) is 0 Å². The van der Waals surface area contributed by atoms with E-state index in [0.717, 1.165) is 16.5 Å². The Morgan fingerprint density at radius 1 is 1.25 bits per heavy atom. The minimum absolute atomic E-state index is 0. The van der Waals surface area contributed by atoms with Crippen molar-refractivity contribution in [3.05, 3.63) is 0 Å². The maximum atomic E-state index is 8.25. The number of rotatable bonds is 0. The summed E-state index contributed by atoms with van der Waals surface area (Å²) in [6.07, 6.45) is 0. The molecular formula is CaGaGeO. The van der Waals surface area contributed by atoms with Crippen molar-refractivity contribution in [2.24, 2.45) is 0 Å². The predicted molar refractivity (Wildman–Crippen MR) is 17.9 cm³/mol. The molecule has 0 rings (SSSR count). The molecule has 4 heteroatoms. The molecule has 0 aromatic carbocycles. The van der Waals surface area contributed by atoms with Crippen LogP contribution in [0.2, 0.25) is 0 Å². The molecule has 0 saturated heterocycles. The summed E-state index contributed by atoms with van der Waals surface area (Å²) in [5, 5.41) is 0. The molecule has 0 saturated carbocycles. The standard InChI is InChI=1S/Ca.Ga.GeO/c;;1-2. The van der Waals surface area contributed by atoms with Crippen molar-refractivity contribution in [3.8, 4) is 0 Å². The van der Waals surface area contributed by atoms with Crippen molar-refractivity contribution < 1.29 is 3.78 Å². The third-order valence-corrected chi connectivity index (χ3v) is 0. The minimum atomic E-state index is 0. The normalized spacial score (nSPS) is 1.00. The van der Waals surface area contributed by atoms with Gasteiger partial charge in [-0.05, 0) is 0 Å². The number of hydrogen-bond donors (Lipinski definition) is 0. The predicted octanol–water partition coefficient (Wildman–Crippen LogP) is -1.26. The van der Waals surface area contributed by atoms with Gasteiger partial charge in [0.25, 0.3) is 0 Å². The first-order valence-electron chi connectivity index (χ1n) is 0.204. The zero-order valence-corrected chi connectivity index (χ0v) is 8.92. The van der Waals surface area contributed by atoms with Crippen LogP contribution in [0.4, 0.5) is 0 Å². The number of hydrogen-bond acceptors (Lipinski definition) is 1. The van der Waals surface area contributed by atoms with Crippen molar-refractivity contribution in [1.29, 1.82) is 0 Å². The molecule has 0 aromatic rings. The molecule has 0 heterocycles. The van der Waals surface area contributed by atoms with Crippen molar-refractivity contribution in [2.45, 2.75) is 0 Å². The second-order valence-electron chi connectivity index (χ2n) is 0. The van der Waals surface area contributed by atoms with Crippen LogP contribution in [0.1, 0.15) is 0 Å². The van der Waals surface area contributed by atoms with E-state index < -0.39 is 0 Å². The molecule has 0 unspecified atom stereocenters. The zero-order valence-electron chi connectivity index (χ0n) is 2.19. The Morgan fingerprint density at radius 2 is 1.25 bits per heavy atom. The van der Waals surface area contributed by atoms with Crippen LogP contribution in [0.15, 0.2) is 0 Å². The van der Waals surface area contributed by atoms with Gasteiger partial charge < -0.3 is 0 Å². The summed E-state index contributed by atoms with van der Waals surface area (Å²) in [7, 11) is 0. The third kappa shape index (κ3) is 8.87. The quantitative estimate of drug-likeness (QED) is 0.444. The Kier molecular flexibility index (Phi) is 76.6. The van der Waals surface area contributed by atoms with Gasteiger partial charge in [-0.2, -0.15) is 0 Å². The summed E-state index contributed by atoms with van der Waals surface area (Å²) in [6, 6.07) is 0. The molecule has 0 fully saturated rings. The molecule has 0 bridgehead atoms. The van der Waals surface area contributed by atoms with E-state index >= 15 is 0 Å². The van der Waals surface area contributed by atoms with E-state index in [1.165, 1.54) is 0 Å². The summed E-state index contributed by atoms with van der Waals surface area (Å²) in [5.74, 6) is 0. The van der Waals surface area contributed by atoms with Gasteiger partial charge in [0, 0.05) is 57.5 Å². The fourth-order valence-electron chi connectivity index (χ4n) is 0. The summed E-state index contributed by atoms with van der Waals surface area (Å²) >= 11 is 0.750. The second-order valence-corrected chi connectivity index (χ2v) is 0. The zero-order chi connectivity index (χ0) is 2.00. The molecule has 0 aliphatic heterocycles. The van der Waals surface area contributed by atoms with Crippen LogP contribution < -0.4 is 0 Å². The van der Waals surface area contributed by atoms with Crippen LogP contribution >= 0.6 is 0 Å². The van der Waals surface area contributed by atoms with Crippen molar-refractivity contribution >= 4 is 74.0 Å². The van der Waals surface area contributed by atoms with Gasteiger partial charge in [0.05, 0.1) is 0 Å². The Morgan fingerprint density at radius 3 is 1.25 bits per heavy atom. The molecule has 0 aliphatic rings. The molecule has 0 aliphatic carbocycles. The van der Waals surface area contributed by atoms with Gasteiger partial charge in [-0.25, -0.2) is 0 Å². The van der Waals surface area contributed by atoms with Gasteiger partial charge in [-0.15, -0.1) is 0 Å². The van der Waals surface area contributed by atoms with E-state index in [4.69, 9.17) is 3.78 Å². The average Bonchev–Trinajstić information content (AvgIpc) is 1.00. The van der Waals surface area contributed by atoms with Gasteiger partial charge in [0.1, 0.15) is 0 Å². The third-order valence-electron chi connectivity index (χ3n) is 0. The second kappa shape index (κ2) is 18.8. The summed E-state index contributed by atoms with van der Waals surface area (Å²) in [5.41, 5.74) is 0. The first kappa shape index (κ1) is 16.3. The molecule has 0 spiro atoms.